The van der Waals surface area contributed by atoms with Crippen LogP contribution in [0, 0.1) is 11.3 Å². The first-order valence-electron chi connectivity index (χ1n) is 17.4. The third-order valence-electron chi connectivity index (χ3n) is 10.6. The first kappa shape index (κ1) is 34.7. The predicted octanol–water partition coefficient (Wildman–Crippen LogP) is 2.95. The molecule has 0 aromatic carbocycles. The van der Waals surface area contributed by atoms with Crippen molar-refractivity contribution in [3.8, 4) is 0 Å². The second kappa shape index (κ2) is 14.9. The number of carbonyl (C=O) groups is 4. The molecule has 10 nitrogen and oxygen atoms in total. The molecule has 4 saturated heterocycles. The monoisotopic (exact) mass is 616 g/mol. The molecule has 4 fully saturated rings. The van der Waals surface area contributed by atoms with Crippen LogP contribution >= 0.6 is 0 Å². The average Bonchev–Trinajstić information content (AvgIpc) is 3.67. The van der Waals surface area contributed by atoms with Crippen LogP contribution in [0.4, 0.5) is 0 Å². The smallest absolute Gasteiger partial charge is 0.245 e. The van der Waals surface area contributed by atoms with Gasteiger partial charge in [-0.1, -0.05) is 41.0 Å². The Balaban J connectivity index is 1.44. The van der Waals surface area contributed by atoms with E-state index in [-0.39, 0.29) is 53.7 Å². The van der Waals surface area contributed by atoms with Gasteiger partial charge >= 0.3 is 0 Å². The summed E-state index contributed by atoms with van der Waals surface area (Å²) in [5.74, 6) is 0.195. The van der Waals surface area contributed by atoms with E-state index in [0.717, 1.165) is 84.0 Å². The number of rotatable bonds is 9. The minimum absolute atomic E-state index is 0.0700. The van der Waals surface area contributed by atoms with Gasteiger partial charge in [0.1, 0.15) is 12.1 Å². The zero-order valence-electron chi connectivity index (χ0n) is 28.6. The predicted molar refractivity (Wildman–Crippen MR) is 173 cm³/mol. The molecule has 10 heteroatoms. The van der Waals surface area contributed by atoms with Crippen molar-refractivity contribution in [1.29, 1.82) is 0 Å². The number of piperidine rings is 2. The molecule has 0 saturated carbocycles. The molecule has 0 unspecified atom stereocenters. The Morgan fingerprint density at radius 3 is 2.02 bits per heavy atom. The lowest BCUT2D eigenvalue weighted by Crippen LogP contribution is -2.61. The molecule has 0 aliphatic carbocycles. The van der Waals surface area contributed by atoms with Crippen molar-refractivity contribution >= 4 is 23.6 Å². The van der Waals surface area contributed by atoms with Gasteiger partial charge in [0.2, 0.25) is 23.6 Å². The van der Waals surface area contributed by atoms with Gasteiger partial charge in [-0.2, -0.15) is 0 Å². The number of hydrogen-bond acceptors (Lipinski definition) is 6. The molecule has 0 aromatic rings. The number of hydrogen-bond donors (Lipinski definition) is 1. The summed E-state index contributed by atoms with van der Waals surface area (Å²) < 4.78 is 0. The second-order valence-corrected chi connectivity index (χ2v) is 15.3. The molecule has 4 rings (SSSR count). The molecule has 4 heterocycles. The van der Waals surface area contributed by atoms with Crippen LogP contribution in [0.5, 0.6) is 0 Å². The lowest BCUT2D eigenvalue weighted by Gasteiger charge is -2.41. The SMILES string of the molecule is CC(C)[C@@H](CN1CCC[C@H]1C(=O)N1CCC[C@H]1C(=O)N1CCCCC1)N(C)C(=O)[C@@H](NC(=O)[C@H]1CCCCN1C)C(C)(C)C. The van der Waals surface area contributed by atoms with E-state index < -0.39 is 11.5 Å². The second-order valence-electron chi connectivity index (χ2n) is 15.3. The fraction of sp³-hybridized carbons (Fsp3) is 0.882. The minimum Gasteiger partial charge on any atom is -0.342 e. The molecule has 44 heavy (non-hydrogen) atoms. The highest BCUT2D eigenvalue weighted by molar-refractivity contribution is 5.91. The van der Waals surface area contributed by atoms with E-state index in [4.69, 9.17) is 0 Å². The summed E-state index contributed by atoms with van der Waals surface area (Å²) in [6.45, 7) is 14.8. The zero-order valence-corrected chi connectivity index (χ0v) is 28.6. The van der Waals surface area contributed by atoms with Gasteiger partial charge in [0, 0.05) is 39.3 Å². The molecule has 0 bridgehead atoms. The Labute approximate surface area is 266 Å². The van der Waals surface area contributed by atoms with Gasteiger partial charge in [-0.05, 0) is 89.3 Å². The molecular weight excluding hydrogens is 556 g/mol. The lowest BCUT2D eigenvalue weighted by atomic mass is 9.84. The van der Waals surface area contributed by atoms with E-state index >= 15 is 0 Å². The minimum atomic E-state index is -0.654. The van der Waals surface area contributed by atoms with E-state index in [1.807, 2.05) is 49.6 Å². The van der Waals surface area contributed by atoms with E-state index in [9.17, 15) is 19.2 Å². The maximum absolute atomic E-state index is 14.2. The third-order valence-corrected chi connectivity index (χ3v) is 10.6. The molecular formula is C34H60N6O4. The molecule has 4 aliphatic rings. The largest absolute Gasteiger partial charge is 0.342 e. The number of amides is 4. The van der Waals surface area contributed by atoms with Crippen LogP contribution in [0.15, 0.2) is 0 Å². The van der Waals surface area contributed by atoms with E-state index in [1.54, 1.807) is 0 Å². The zero-order chi connectivity index (χ0) is 32.2. The van der Waals surface area contributed by atoms with Crippen LogP contribution in [0.2, 0.25) is 0 Å². The number of likely N-dealkylation sites (tertiary alicyclic amines) is 4. The lowest BCUT2D eigenvalue weighted by molar-refractivity contribution is -0.147. The summed E-state index contributed by atoms with van der Waals surface area (Å²) in [5, 5.41) is 3.15. The molecule has 1 N–H and O–H groups in total. The topological polar surface area (TPSA) is 96.5 Å². The highest BCUT2D eigenvalue weighted by atomic mass is 16.2. The standard InChI is InChI=1S/C34H60N6O4/c1-24(2)28(37(7)33(44)29(34(3,4)5)35-30(41)25-15-9-12-18-36(25)6)23-39-21-13-16-26(39)32(43)40-22-14-17-27(40)31(42)38-19-10-8-11-20-38/h24-29H,8-23H2,1-7H3,(H,35,41)/t25-,26+,27+,28-,29-/m1/s1. The number of carbonyl (C=O) groups excluding carboxylic acids is 4. The third kappa shape index (κ3) is 7.95. The highest BCUT2D eigenvalue weighted by Gasteiger charge is 2.44. The van der Waals surface area contributed by atoms with Crippen molar-refractivity contribution in [2.75, 3.05) is 53.4 Å². The fourth-order valence-electron chi connectivity index (χ4n) is 7.81. The summed E-state index contributed by atoms with van der Waals surface area (Å²) in [7, 11) is 3.84. The Bertz CT molecular complexity index is 1020. The van der Waals surface area contributed by atoms with Gasteiger partial charge in [-0.25, -0.2) is 0 Å². The van der Waals surface area contributed by atoms with E-state index in [2.05, 4.69) is 29.0 Å². The molecule has 5 atom stereocenters. The van der Waals surface area contributed by atoms with E-state index in [1.165, 1.54) is 6.42 Å². The van der Waals surface area contributed by atoms with Gasteiger partial charge < -0.3 is 20.0 Å². The normalized spacial score (nSPS) is 27.0. The molecule has 0 spiro atoms. The van der Waals surface area contributed by atoms with Crippen molar-refractivity contribution < 1.29 is 19.2 Å². The van der Waals surface area contributed by atoms with E-state index in [0.29, 0.717) is 13.1 Å². The van der Waals surface area contributed by atoms with Crippen molar-refractivity contribution in [2.24, 2.45) is 11.3 Å². The summed E-state index contributed by atoms with van der Waals surface area (Å²) in [5.41, 5.74) is -0.465. The maximum atomic E-state index is 14.2. The molecule has 250 valence electrons. The molecule has 4 amide bonds. The maximum Gasteiger partial charge on any atom is 0.245 e. The van der Waals surface area contributed by atoms with Crippen LogP contribution in [0.3, 0.4) is 0 Å². The first-order chi connectivity index (χ1) is 20.8. The van der Waals surface area contributed by atoms with Crippen LogP contribution in [-0.4, -0.2) is 132 Å². The van der Waals surface area contributed by atoms with Crippen molar-refractivity contribution in [2.45, 2.75) is 129 Å². The Hall–Kier alpha value is -2.20. The Morgan fingerprint density at radius 2 is 1.39 bits per heavy atom. The van der Waals surface area contributed by atoms with Crippen molar-refractivity contribution in [3.05, 3.63) is 0 Å². The van der Waals surface area contributed by atoms with Crippen LogP contribution < -0.4 is 5.32 Å². The number of nitrogens with zero attached hydrogens (tertiary/aromatic N) is 5. The summed E-state index contributed by atoms with van der Waals surface area (Å²) in [4.78, 5) is 65.0. The van der Waals surface area contributed by atoms with Crippen LogP contribution in [0.1, 0.15) is 98.8 Å². The number of nitrogens with one attached hydrogen (secondary N) is 1. The molecule has 0 radical (unpaired) electrons. The Kier molecular flexibility index (Phi) is 11.8. The number of likely N-dealkylation sites (N-methyl/N-ethyl adjacent to an activating group) is 2. The fourth-order valence-corrected chi connectivity index (χ4v) is 7.81. The summed E-state index contributed by atoms with van der Waals surface area (Å²) >= 11 is 0. The van der Waals surface area contributed by atoms with Crippen LogP contribution in [0.25, 0.3) is 0 Å². The summed E-state index contributed by atoms with van der Waals surface area (Å²) in [6, 6.07) is -1.60. The van der Waals surface area contributed by atoms with Crippen molar-refractivity contribution in [3.63, 3.8) is 0 Å². The highest BCUT2D eigenvalue weighted by Crippen LogP contribution is 2.29. The van der Waals surface area contributed by atoms with Gasteiger partial charge in [-0.3, -0.25) is 29.0 Å². The van der Waals surface area contributed by atoms with Gasteiger partial charge in [0.25, 0.3) is 0 Å². The quantitative estimate of drug-likeness (QED) is 0.428. The van der Waals surface area contributed by atoms with Crippen LogP contribution in [-0.2, 0) is 19.2 Å². The van der Waals surface area contributed by atoms with Gasteiger partial charge in [-0.15, -0.1) is 0 Å². The molecule has 4 aliphatic heterocycles. The van der Waals surface area contributed by atoms with Gasteiger partial charge in [0.05, 0.1) is 12.1 Å². The van der Waals surface area contributed by atoms with Crippen molar-refractivity contribution in [1.82, 2.24) is 29.8 Å². The Morgan fingerprint density at radius 1 is 0.773 bits per heavy atom. The average molecular weight is 617 g/mol. The summed E-state index contributed by atoms with van der Waals surface area (Å²) in [6.07, 6.45) is 9.49. The molecule has 0 aromatic heterocycles. The first-order valence-corrected chi connectivity index (χ1v) is 17.4. The van der Waals surface area contributed by atoms with Gasteiger partial charge in [0.15, 0.2) is 0 Å².